The third-order valence-corrected chi connectivity index (χ3v) is 3.51. The van der Waals surface area contributed by atoms with E-state index in [1.807, 2.05) is 42.7 Å². The van der Waals surface area contributed by atoms with Gasteiger partial charge in [-0.05, 0) is 24.6 Å². The van der Waals surface area contributed by atoms with Gasteiger partial charge in [-0.15, -0.1) is 10.2 Å². The van der Waals surface area contributed by atoms with Crippen LogP contribution in [-0.4, -0.2) is 31.6 Å². The average molecular weight is 277 g/mol. The SMILES string of the molecule is CCc1nnc(SCC(=O)O)n1-c1cccc(C)c1. The number of rotatable bonds is 5. The Bertz CT molecular complexity index is 595. The summed E-state index contributed by atoms with van der Waals surface area (Å²) in [5, 5.41) is 17.6. The summed E-state index contributed by atoms with van der Waals surface area (Å²) in [7, 11) is 0. The largest absolute Gasteiger partial charge is 0.481 e. The smallest absolute Gasteiger partial charge is 0.313 e. The molecule has 0 bridgehead atoms. The van der Waals surface area contributed by atoms with Crippen LogP contribution in [0, 0.1) is 6.92 Å². The number of carboxylic acid groups (broad SMARTS) is 1. The van der Waals surface area contributed by atoms with Crippen molar-refractivity contribution in [2.75, 3.05) is 5.75 Å². The van der Waals surface area contributed by atoms with Gasteiger partial charge in [0.15, 0.2) is 5.16 Å². The first-order valence-corrected chi connectivity index (χ1v) is 6.96. The van der Waals surface area contributed by atoms with E-state index < -0.39 is 5.97 Å². The minimum atomic E-state index is -0.859. The van der Waals surface area contributed by atoms with Crippen molar-refractivity contribution in [3.63, 3.8) is 0 Å². The third-order valence-electron chi connectivity index (χ3n) is 2.60. The van der Waals surface area contributed by atoms with Crippen LogP contribution in [0.1, 0.15) is 18.3 Å². The van der Waals surface area contributed by atoms with Gasteiger partial charge in [0.25, 0.3) is 0 Å². The van der Waals surface area contributed by atoms with Gasteiger partial charge in [0, 0.05) is 12.1 Å². The molecular formula is C13H15N3O2S. The van der Waals surface area contributed by atoms with Gasteiger partial charge in [0.05, 0.1) is 5.75 Å². The van der Waals surface area contributed by atoms with Crippen molar-refractivity contribution in [1.82, 2.24) is 14.8 Å². The van der Waals surface area contributed by atoms with Gasteiger partial charge in [-0.2, -0.15) is 0 Å². The Morgan fingerprint density at radius 1 is 1.42 bits per heavy atom. The summed E-state index contributed by atoms with van der Waals surface area (Å²) >= 11 is 1.18. The van der Waals surface area contributed by atoms with Gasteiger partial charge in [-0.25, -0.2) is 0 Å². The first kappa shape index (κ1) is 13.6. The molecule has 19 heavy (non-hydrogen) atoms. The summed E-state index contributed by atoms with van der Waals surface area (Å²) in [6, 6.07) is 7.99. The van der Waals surface area contributed by atoms with Crippen LogP contribution < -0.4 is 0 Å². The molecule has 5 nitrogen and oxygen atoms in total. The standard InChI is InChI=1S/C13H15N3O2S/c1-3-11-14-15-13(19-8-12(17)18)16(11)10-6-4-5-9(2)7-10/h4-7H,3,8H2,1-2H3,(H,17,18). The van der Waals surface area contributed by atoms with E-state index in [-0.39, 0.29) is 5.75 Å². The molecule has 0 spiro atoms. The highest BCUT2D eigenvalue weighted by Crippen LogP contribution is 2.22. The summed E-state index contributed by atoms with van der Waals surface area (Å²) in [6.07, 6.45) is 0.745. The van der Waals surface area contributed by atoms with Crippen LogP contribution in [-0.2, 0) is 11.2 Å². The second kappa shape index (κ2) is 5.88. The predicted octanol–water partition coefficient (Wildman–Crippen LogP) is 2.31. The lowest BCUT2D eigenvalue weighted by atomic mass is 10.2. The number of aryl methyl sites for hydroxylation is 2. The average Bonchev–Trinajstić information content (AvgIpc) is 2.79. The Morgan fingerprint density at radius 3 is 2.84 bits per heavy atom. The monoisotopic (exact) mass is 277 g/mol. The molecule has 0 radical (unpaired) electrons. The molecular weight excluding hydrogens is 262 g/mol. The van der Waals surface area contributed by atoms with Crippen molar-refractivity contribution >= 4 is 17.7 Å². The minimum Gasteiger partial charge on any atom is -0.481 e. The summed E-state index contributed by atoms with van der Waals surface area (Å²) in [4.78, 5) is 10.7. The highest BCUT2D eigenvalue weighted by Gasteiger charge is 2.14. The lowest BCUT2D eigenvalue weighted by Gasteiger charge is -2.09. The maximum atomic E-state index is 10.7. The maximum absolute atomic E-state index is 10.7. The number of thioether (sulfide) groups is 1. The molecule has 2 aromatic rings. The molecule has 2 rings (SSSR count). The highest BCUT2D eigenvalue weighted by atomic mass is 32.2. The van der Waals surface area contributed by atoms with Crippen LogP contribution in [0.25, 0.3) is 5.69 Å². The van der Waals surface area contributed by atoms with E-state index >= 15 is 0 Å². The molecule has 0 saturated heterocycles. The maximum Gasteiger partial charge on any atom is 0.313 e. The fraction of sp³-hybridized carbons (Fsp3) is 0.308. The molecule has 100 valence electrons. The van der Waals surface area contributed by atoms with Crippen LogP contribution in [0.3, 0.4) is 0 Å². The van der Waals surface area contributed by atoms with E-state index in [4.69, 9.17) is 5.11 Å². The van der Waals surface area contributed by atoms with Crippen molar-refractivity contribution in [3.05, 3.63) is 35.7 Å². The van der Waals surface area contributed by atoms with E-state index in [0.29, 0.717) is 5.16 Å². The first-order chi connectivity index (χ1) is 9.11. The van der Waals surface area contributed by atoms with Crippen LogP contribution >= 0.6 is 11.8 Å². The molecule has 0 saturated carbocycles. The molecule has 1 N–H and O–H groups in total. The van der Waals surface area contributed by atoms with Gasteiger partial charge >= 0.3 is 5.97 Å². The number of benzene rings is 1. The molecule has 0 aliphatic carbocycles. The van der Waals surface area contributed by atoms with E-state index in [0.717, 1.165) is 23.5 Å². The van der Waals surface area contributed by atoms with E-state index in [9.17, 15) is 4.79 Å². The summed E-state index contributed by atoms with van der Waals surface area (Å²) < 4.78 is 1.92. The summed E-state index contributed by atoms with van der Waals surface area (Å²) in [5.41, 5.74) is 2.11. The molecule has 0 atom stereocenters. The van der Waals surface area contributed by atoms with Crippen LogP contribution in [0.4, 0.5) is 0 Å². The van der Waals surface area contributed by atoms with Crippen molar-refractivity contribution in [3.8, 4) is 5.69 Å². The Kier molecular flexibility index (Phi) is 4.21. The van der Waals surface area contributed by atoms with Crippen LogP contribution in [0.15, 0.2) is 29.4 Å². The molecule has 0 unspecified atom stereocenters. The van der Waals surface area contributed by atoms with Crippen LogP contribution in [0.2, 0.25) is 0 Å². The number of hydrogen-bond donors (Lipinski definition) is 1. The lowest BCUT2D eigenvalue weighted by molar-refractivity contribution is -0.133. The number of aromatic nitrogens is 3. The quantitative estimate of drug-likeness (QED) is 0.849. The molecule has 0 fully saturated rings. The zero-order valence-electron chi connectivity index (χ0n) is 10.8. The van der Waals surface area contributed by atoms with Crippen molar-refractivity contribution in [2.24, 2.45) is 0 Å². The molecule has 1 aromatic carbocycles. The van der Waals surface area contributed by atoms with Gasteiger partial charge in [0.2, 0.25) is 0 Å². The van der Waals surface area contributed by atoms with Gasteiger partial charge in [0.1, 0.15) is 5.82 Å². The van der Waals surface area contributed by atoms with Gasteiger partial charge in [-0.1, -0.05) is 30.8 Å². The van der Waals surface area contributed by atoms with E-state index in [1.54, 1.807) is 0 Å². The number of carboxylic acids is 1. The fourth-order valence-electron chi connectivity index (χ4n) is 1.78. The van der Waals surface area contributed by atoms with Crippen molar-refractivity contribution in [2.45, 2.75) is 25.4 Å². The summed E-state index contributed by atoms with van der Waals surface area (Å²) in [6.45, 7) is 4.02. The van der Waals surface area contributed by atoms with Crippen molar-refractivity contribution < 1.29 is 9.90 Å². The zero-order chi connectivity index (χ0) is 13.8. The topological polar surface area (TPSA) is 68.0 Å². The fourth-order valence-corrected chi connectivity index (χ4v) is 2.47. The molecule has 0 amide bonds. The number of nitrogens with zero attached hydrogens (tertiary/aromatic N) is 3. The predicted molar refractivity (Wildman–Crippen MR) is 73.8 cm³/mol. The van der Waals surface area contributed by atoms with Gasteiger partial charge < -0.3 is 5.11 Å². The minimum absolute atomic E-state index is 0.0202. The lowest BCUT2D eigenvalue weighted by Crippen LogP contribution is -2.04. The Hall–Kier alpha value is -1.82. The second-order valence-electron chi connectivity index (χ2n) is 4.11. The Balaban J connectivity index is 2.41. The highest BCUT2D eigenvalue weighted by molar-refractivity contribution is 7.99. The van der Waals surface area contributed by atoms with Crippen molar-refractivity contribution in [1.29, 1.82) is 0 Å². The third kappa shape index (κ3) is 3.14. The second-order valence-corrected chi connectivity index (χ2v) is 5.05. The zero-order valence-corrected chi connectivity index (χ0v) is 11.6. The van der Waals surface area contributed by atoms with E-state index in [1.165, 1.54) is 11.8 Å². The number of carbonyl (C=O) groups is 1. The molecule has 0 aliphatic rings. The number of aliphatic carboxylic acids is 1. The molecule has 1 heterocycles. The Morgan fingerprint density at radius 2 is 2.21 bits per heavy atom. The first-order valence-electron chi connectivity index (χ1n) is 5.97. The number of hydrogen-bond acceptors (Lipinski definition) is 4. The van der Waals surface area contributed by atoms with Crippen LogP contribution in [0.5, 0.6) is 0 Å². The molecule has 1 aromatic heterocycles. The normalized spacial score (nSPS) is 10.6. The molecule has 6 heteroatoms. The van der Waals surface area contributed by atoms with E-state index in [2.05, 4.69) is 10.2 Å². The Labute approximate surface area is 115 Å². The van der Waals surface area contributed by atoms with Gasteiger partial charge in [-0.3, -0.25) is 9.36 Å². The summed E-state index contributed by atoms with van der Waals surface area (Å²) in [5.74, 6) is -0.0476. The molecule has 0 aliphatic heterocycles.